The van der Waals surface area contributed by atoms with Crippen molar-refractivity contribution in [2.45, 2.75) is 57.9 Å². The Morgan fingerprint density at radius 1 is 1.14 bits per heavy atom. The van der Waals surface area contributed by atoms with Crippen molar-refractivity contribution in [2.75, 3.05) is 11.4 Å². The molecule has 0 saturated heterocycles. The van der Waals surface area contributed by atoms with Crippen molar-refractivity contribution >= 4 is 21.6 Å². The van der Waals surface area contributed by atoms with Gasteiger partial charge in [0.2, 0.25) is 15.9 Å². The molecule has 1 amide bonds. The van der Waals surface area contributed by atoms with E-state index in [4.69, 9.17) is 0 Å². The quantitative estimate of drug-likeness (QED) is 0.769. The maximum absolute atomic E-state index is 13.2. The maximum Gasteiger partial charge on any atom is 0.241 e. The third kappa shape index (κ3) is 4.70. The monoisotopic (exact) mass is 414 g/mol. The van der Waals surface area contributed by atoms with E-state index in [9.17, 15) is 13.2 Å². The molecule has 0 bridgehead atoms. The van der Waals surface area contributed by atoms with E-state index in [0.717, 1.165) is 36.1 Å². The van der Waals surface area contributed by atoms with Crippen LogP contribution in [-0.4, -0.2) is 20.9 Å². The summed E-state index contributed by atoms with van der Waals surface area (Å²) in [5.74, 6) is 0.0816. The molecule has 2 aromatic rings. The van der Waals surface area contributed by atoms with Crippen LogP contribution in [0.25, 0.3) is 0 Å². The van der Waals surface area contributed by atoms with Gasteiger partial charge >= 0.3 is 0 Å². The first-order chi connectivity index (χ1) is 13.7. The Kier molecular flexibility index (Phi) is 6.44. The van der Waals surface area contributed by atoms with Crippen molar-refractivity contribution in [1.29, 1.82) is 0 Å². The molecule has 6 heteroatoms. The molecule has 1 atom stereocenters. The van der Waals surface area contributed by atoms with E-state index in [2.05, 4.69) is 11.6 Å². The predicted octanol–water partition coefficient (Wildman–Crippen LogP) is 4.22. The van der Waals surface area contributed by atoms with Crippen molar-refractivity contribution in [1.82, 2.24) is 4.72 Å². The van der Waals surface area contributed by atoms with E-state index in [-0.39, 0.29) is 22.8 Å². The third-order valence-electron chi connectivity index (χ3n) is 5.56. The predicted molar refractivity (Wildman–Crippen MR) is 117 cm³/mol. The summed E-state index contributed by atoms with van der Waals surface area (Å²) < 4.78 is 29.2. The highest BCUT2D eigenvalue weighted by molar-refractivity contribution is 7.89. The van der Waals surface area contributed by atoms with Gasteiger partial charge in [-0.1, -0.05) is 45.0 Å². The number of benzene rings is 2. The number of sulfonamides is 1. The van der Waals surface area contributed by atoms with Crippen molar-refractivity contribution in [3.05, 3.63) is 59.2 Å². The van der Waals surface area contributed by atoms with Crippen molar-refractivity contribution in [2.24, 2.45) is 5.92 Å². The summed E-state index contributed by atoms with van der Waals surface area (Å²) in [6, 6.07) is 12.9. The highest BCUT2D eigenvalue weighted by Gasteiger charge is 2.26. The van der Waals surface area contributed by atoms with Gasteiger partial charge in [-0.2, -0.15) is 0 Å². The second-order valence-corrected chi connectivity index (χ2v) is 9.72. The van der Waals surface area contributed by atoms with E-state index in [0.29, 0.717) is 6.54 Å². The van der Waals surface area contributed by atoms with Crippen LogP contribution >= 0.6 is 0 Å². The van der Waals surface area contributed by atoms with E-state index < -0.39 is 10.0 Å². The minimum Gasteiger partial charge on any atom is -0.312 e. The molecule has 0 fully saturated rings. The topological polar surface area (TPSA) is 66.5 Å². The summed E-state index contributed by atoms with van der Waals surface area (Å²) in [5.41, 5.74) is 3.91. The van der Waals surface area contributed by atoms with Crippen LogP contribution in [0.1, 0.15) is 56.8 Å². The summed E-state index contributed by atoms with van der Waals surface area (Å²) in [5, 5.41) is 0. The van der Waals surface area contributed by atoms with Gasteiger partial charge in [0.05, 0.1) is 4.90 Å². The second kappa shape index (κ2) is 8.67. The molecule has 29 heavy (non-hydrogen) atoms. The SMILES string of the molecule is CCc1ccc(C(NS(=O)(=O)c2ccc3c(c2)CCCN3C(C)=O)C(C)C)cc1. The normalized spacial score (nSPS) is 15.3. The molecule has 1 heterocycles. The number of rotatable bonds is 6. The zero-order valence-corrected chi connectivity index (χ0v) is 18.4. The van der Waals surface area contributed by atoms with E-state index in [1.165, 1.54) is 5.56 Å². The minimum atomic E-state index is -3.69. The van der Waals surface area contributed by atoms with Gasteiger partial charge in [0.25, 0.3) is 0 Å². The first-order valence-corrected chi connectivity index (χ1v) is 11.7. The number of carbonyl (C=O) groups excluding carboxylic acids is 1. The van der Waals surface area contributed by atoms with Gasteiger partial charge < -0.3 is 4.90 Å². The molecule has 1 N–H and O–H groups in total. The molecule has 0 saturated carbocycles. The number of hydrogen-bond donors (Lipinski definition) is 1. The van der Waals surface area contributed by atoms with Gasteiger partial charge in [0, 0.05) is 25.2 Å². The van der Waals surface area contributed by atoms with Crippen molar-refractivity contribution < 1.29 is 13.2 Å². The lowest BCUT2D eigenvalue weighted by atomic mass is 9.96. The van der Waals surface area contributed by atoms with Gasteiger partial charge in [0.15, 0.2) is 0 Å². The molecule has 1 unspecified atom stereocenters. The first-order valence-electron chi connectivity index (χ1n) is 10.2. The Morgan fingerprint density at radius 2 is 1.83 bits per heavy atom. The molecule has 0 aromatic heterocycles. The van der Waals surface area contributed by atoms with Gasteiger partial charge in [-0.25, -0.2) is 13.1 Å². The standard InChI is InChI=1S/C23H30N2O3S/c1-5-18-8-10-19(11-9-18)23(16(2)3)24-29(27,28)21-12-13-22-20(15-21)7-6-14-25(22)17(4)26/h8-13,15-16,23-24H,5-7,14H2,1-4H3. The summed E-state index contributed by atoms with van der Waals surface area (Å²) >= 11 is 0. The Balaban J connectivity index is 1.90. The van der Waals surface area contributed by atoms with Crippen LogP contribution < -0.4 is 9.62 Å². The summed E-state index contributed by atoms with van der Waals surface area (Å²) in [6.45, 7) is 8.34. The van der Waals surface area contributed by atoms with Crippen LogP contribution in [0.4, 0.5) is 5.69 Å². The van der Waals surface area contributed by atoms with E-state index >= 15 is 0 Å². The third-order valence-corrected chi connectivity index (χ3v) is 6.99. The lowest BCUT2D eigenvalue weighted by Crippen LogP contribution is -2.34. The van der Waals surface area contributed by atoms with Crippen LogP contribution in [-0.2, 0) is 27.7 Å². The molecular weight excluding hydrogens is 384 g/mol. The average Bonchev–Trinajstić information content (AvgIpc) is 2.71. The smallest absolute Gasteiger partial charge is 0.241 e. The first kappa shape index (κ1) is 21.5. The van der Waals surface area contributed by atoms with Crippen LogP contribution in [0.2, 0.25) is 0 Å². The zero-order chi connectivity index (χ0) is 21.2. The Bertz CT molecular complexity index is 982. The number of fused-ring (bicyclic) bond motifs is 1. The van der Waals surface area contributed by atoms with Gasteiger partial charge in [0.1, 0.15) is 0 Å². The van der Waals surface area contributed by atoms with Crippen LogP contribution in [0.3, 0.4) is 0 Å². The number of hydrogen-bond acceptors (Lipinski definition) is 3. The lowest BCUT2D eigenvalue weighted by Gasteiger charge is -2.29. The minimum absolute atomic E-state index is 0.0184. The van der Waals surface area contributed by atoms with Crippen molar-refractivity contribution in [3.63, 3.8) is 0 Å². The highest BCUT2D eigenvalue weighted by Crippen LogP contribution is 2.31. The highest BCUT2D eigenvalue weighted by atomic mass is 32.2. The largest absolute Gasteiger partial charge is 0.312 e. The number of carbonyl (C=O) groups is 1. The Labute approximate surface area is 174 Å². The molecule has 0 spiro atoms. The van der Waals surface area contributed by atoms with Gasteiger partial charge in [-0.05, 0) is 60.1 Å². The van der Waals surface area contributed by atoms with Crippen LogP contribution in [0.5, 0.6) is 0 Å². The Morgan fingerprint density at radius 3 is 2.41 bits per heavy atom. The number of nitrogens with one attached hydrogen (secondary N) is 1. The lowest BCUT2D eigenvalue weighted by molar-refractivity contribution is -0.116. The number of nitrogens with zero attached hydrogens (tertiary/aromatic N) is 1. The molecule has 5 nitrogen and oxygen atoms in total. The van der Waals surface area contributed by atoms with Gasteiger partial charge in [-0.3, -0.25) is 4.79 Å². The summed E-state index contributed by atoms with van der Waals surface area (Å²) in [6.07, 6.45) is 2.56. The molecule has 1 aliphatic rings. The Hall–Kier alpha value is -2.18. The molecule has 0 aliphatic carbocycles. The number of anilines is 1. The molecule has 1 aliphatic heterocycles. The van der Waals surface area contributed by atoms with Crippen LogP contribution in [0.15, 0.2) is 47.4 Å². The van der Waals surface area contributed by atoms with Gasteiger partial charge in [-0.15, -0.1) is 0 Å². The van der Waals surface area contributed by atoms with Crippen LogP contribution in [0, 0.1) is 5.92 Å². The van der Waals surface area contributed by atoms with E-state index in [1.54, 1.807) is 30.0 Å². The molecule has 3 rings (SSSR count). The molecule has 156 valence electrons. The number of aryl methyl sites for hydroxylation is 2. The van der Waals surface area contributed by atoms with Crippen molar-refractivity contribution in [3.8, 4) is 0 Å². The number of amides is 1. The zero-order valence-electron chi connectivity index (χ0n) is 17.6. The second-order valence-electron chi connectivity index (χ2n) is 8.00. The summed E-state index contributed by atoms with van der Waals surface area (Å²) in [7, 11) is -3.69. The summed E-state index contributed by atoms with van der Waals surface area (Å²) in [4.78, 5) is 13.8. The fourth-order valence-corrected chi connectivity index (χ4v) is 5.28. The van der Waals surface area contributed by atoms with E-state index in [1.807, 2.05) is 38.1 Å². The average molecular weight is 415 g/mol. The molecular formula is C23H30N2O3S. The molecule has 2 aromatic carbocycles. The fraction of sp³-hybridized carbons (Fsp3) is 0.435. The fourth-order valence-electron chi connectivity index (χ4n) is 3.85. The maximum atomic E-state index is 13.2. The molecule has 0 radical (unpaired) electrons.